The standard InChI is InChI=1S/5C13H15N.C8H12N2.C7H11N3/c1-13(2,3)11-8-10-6-4-5-7-12(10)14-9-11;1-13(2,3)12-9-14-8-10-6-4-5-7-11(10)12;1-13(2,3)12-8-10-6-4-5-7-11(10)9-14-12;1-13(2,3)11-8-9-14-12-7-5-4-6-10(11)12;1-13(2,3)12-11-7-5-4-6-10(11)8-9-14-12;1-8(2,3)7-4-9-6-10-5-7;1-7(2,3)6-9-4-8-5-10-6/h5*4-9H,1-3H3;4-6H,1-3H3;4-5H,1-3H3. The van der Waals surface area contributed by atoms with E-state index in [1.54, 1.807) is 6.33 Å². The molecule has 0 saturated heterocycles. The van der Waals surface area contributed by atoms with Gasteiger partial charge in [0, 0.05) is 98.4 Å². The van der Waals surface area contributed by atoms with E-state index in [9.17, 15) is 0 Å². The molecule has 0 bridgehead atoms. The summed E-state index contributed by atoms with van der Waals surface area (Å²) in [6.45, 7) is 45.8. The fourth-order valence-corrected chi connectivity index (χ4v) is 9.47. The van der Waals surface area contributed by atoms with Crippen LogP contribution in [0.1, 0.15) is 185 Å². The zero-order chi connectivity index (χ0) is 66.1. The number of aromatic nitrogens is 10. The molecule has 12 aromatic rings. The molecule has 0 saturated carbocycles. The van der Waals surface area contributed by atoms with Crippen LogP contribution in [0, 0.1) is 0 Å². The lowest BCUT2D eigenvalue weighted by atomic mass is 9.85. The number of nitrogens with zero attached hydrogens (tertiary/aromatic N) is 10. The summed E-state index contributed by atoms with van der Waals surface area (Å²) in [6, 6.07) is 50.2. The summed E-state index contributed by atoms with van der Waals surface area (Å²) in [6.07, 6.45) is 19.9. The Hall–Kier alpha value is -8.76. The number of benzene rings is 5. The maximum Gasteiger partial charge on any atom is 0.137 e. The SMILES string of the molecule is CC(C)(C)c1cc2ccccc2cn1.CC(C)(C)c1ccnc2ccccc12.CC(C)(C)c1cnc2ccccc2c1.CC(C)(C)c1cncc2ccccc12.CC(C)(C)c1cncnc1.CC(C)(C)c1nccc2ccccc12.CC(C)(C)c1ncncn1. The molecule has 0 amide bonds. The molecule has 0 atom stereocenters. The summed E-state index contributed by atoms with van der Waals surface area (Å²) >= 11 is 0. The van der Waals surface area contributed by atoms with Gasteiger partial charge in [-0.05, 0) is 96.5 Å². The van der Waals surface area contributed by atoms with Gasteiger partial charge in [0.25, 0.3) is 0 Å². The first-order chi connectivity index (χ1) is 42.1. The monoisotopic (exact) mass is 1200 g/mol. The lowest BCUT2D eigenvalue weighted by molar-refractivity contribution is 0.541. The van der Waals surface area contributed by atoms with E-state index in [1.165, 1.54) is 83.7 Å². The van der Waals surface area contributed by atoms with Crippen LogP contribution in [0.2, 0.25) is 0 Å². The Morgan fingerprint density at radius 1 is 0.256 bits per heavy atom. The zero-order valence-corrected chi connectivity index (χ0v) is 57.7. The van der Waals surface area contributed by atoms with Crippen LogP contribution in [0.5, 0.6) is 0 Å². The normalized spacial score (nSPS) is 11.8. The first kappa shape index (κ1) is 70.3. The number of para-hydroxylation sites is 2. The van der Waals surface area contributed by atoms with Crippen molar-refractivity contribution >= 4 is 54.1 Å². The average Bonchev–Trinajstić information content (AvgIpc) is 0.943. The predicted molar refractivity (Wildman–Crippen MR) is 381 cm³/mol. The highest BCUT2D eigenvalue weighted by molar-refractivity contribution is 5.87. The third-order valence-electron chi connectivity index (χ3n) is 14.8. The third kappa shape index (κ3) is 20.9. The molecule has 0 radical (unpaired) electrons. The molecule has 7 heterocycles. The van der Waals surface area contributed by atoms with Gasteiger partial charge in [-0.2, -0.15) is 0 Å². The minimum atomic E-state index is 0.0307. The molecule has 90 heavy (non-hydrogen) atoms. The summed E-state index contributed by atoms with van der Waals surface area (Å²) in [5.41, 5.74) is 10.6. The number of hydrogen-bond acceptors (Lipinski definition) is 10. The van der Waals surface area contributed by atoms with E-state index in [2.05, 4.69) is 317 Å². The van der Waals surface area contributed by atoms with Crippen molar-refractivity contribution in [2.75, 3.05) is 0 Å². The van der Waals surface area contributed by atoms with E-state index in [-0.39, 0.29) is 37.9 Å². The maximum atomic E-state index is 4.48. The van der Waals surface area contributed by atoms with Crippen LogP contribution in [-0.2, 0) is 37.9 Å². The molecule has 0 spiro atoms. The van der Waals surface area contributed by atoms with Crippen molar-refractivity contribution in [2.45, 2.75) is 183 Å². The van der Waals surface area contributed by atoms with Crippen LogP contribution in [0.15, 0.2) is 214 Å². The number of rotatable bonds is 0. The number of fused-ring (bicyclic) bond motifs is 5. The molecule has 0 unspecified atom stereocenters. The highest BCUT2D eigenvalue weighted by atomic mass is 15.0. The Kier molecular flexibility index (Phi) is 23.6. The molecule has 10 heteroatoms. The predicted octanol–water partition coefficient (Wildman–Crippen LogP) is 20.6. The summed E-state index contributed by atoms with van der Waals surface area (Å²) in [4.78, 5) is 41.7. The molecular formula is C80H98N10. The molecule has 10 nitrogen and oxygen atoms in total. The van der Waals surface area contributed by atoms with Gasteiger partial charge in [-0.25, -0.2) is 24.9 Å². The Bertz CT molecular complexity index is 3790. The van der Waals surface area contributed by atoms with Gasteiger partial charge in [-0.1, -0.05) is 255 Å². The van der Waals surface area contributed by atoms with Crippen molar-refractivity contribution < 1.29 is 0 Å². The van der Waals surface area contributed by atoms with Crippen molar-refractivity contribution in [3.8, 4) is 0 Å². The van der Waals surface area contributed by atoms with Gasteiger partial charge >= 0.3 is 0 Å². The quantitative estimate of drug-likeness (QED) is 0.145. The average molecular weight is 1200 g/mol. The topological polar surface area (TPSA) is 129 Å². The minimum absolute atomic E-state index is 0.0307. The van der Waals surface area contributed by atoms with Crippen LogP contribution >= 0.6 is 0 Å². The van der Waals surface area contributed by atoms with Gasteiger partial charge < -0.3 is 0 Å². The summed E-state index contributed by atoms with van der Waals surface area (Å²) in [5.74, 6) is 0.836. The summed E-state index contributed by atoms with van der Waals surface area (Å²) in [5, 5.41) is 10.0. The fourth-order valence-electron chi connectivity index (χ4n) is 9.47. The maximum absolute atomic E-state index is 4.48. The molecule has 5 aromatic carbocycles. The minimum Gasteiger partial charge on any atom is -0.264 e. The van der Waals surface area contributed by atoms with E-state index in [0.717, 1.165) is 22.6 Å². The molecule has 0 aliphatic rings. The highest BCUT2D eigenvalue weighted by Gasteiger charge is 2.21. The number of hydrogen-bond donors (Lipinski definition) is 0. The second-order valence-corrected chi connectivity index (χ2v) is 29.8. The second kappa shape index (κ2) is 30.2. The van der Waals surface area contributed by atoms with Gasteiger partial charge in [0.05, 0.1) is 16.7 Å². The van der Waals surface area contributed by atoms with Crippen LogP contribution < -0.4 is 0 Å². The van der Waals surface area contributed by atoms with Crippen molar-refractivity contribution in [3.63, 3.8) is 0 Å². The van der Waals surface area contributed by atoms with E-state index in [1.807, 2.05) is 73.8 Å². The van der Waals surface area contributed by atoms with E-state index in [4.69, 9.17) is 0 Å². The van der Waals surface area contributed by atoms with Gasteiger partial charge in [-0.15, -0.1) is 0 Å². The molecule has 468 valence electrons. The number of pyridine rings is 5. The van der Waals surface area contributed by atoms with Crippen LogP contribution in [0.4, 0.5) is 0 Å². The molecule has 0 N–H and O–H groups in total. The van der Waals surface area contributed by atoms with Gasteiger partial charge in [0.1, 0.15) is 24.8 Å². The molecule has 0 aliphatic heterocycles. The first-order valence-electron chi connectivity index (χ1n) is 31.2. The van der Waals surface area contributed by atoms with E-state index in [0.29, 0.717) is 0 Å². The Labute approximate surface area is 538 Å². The van der Waals surface area contributed by atoms with Crippen molar-refractivity contribution in [3.05, 3.63) is 254 Å². The summed E-state index contributed by atoms with van der Waals surface area (Å²) in [7, 11) is 0. The molecule has 0 aliphatic carbocycles. The van der Waals surface area contributed by atoms with E-state index >= 15 is 0 Å². The summed E-state index contributed by atoms with van der Waals surface area (Å²) < 4.78 is 0. The Balaban J connectivity index is 0.000000168. The third-order valence-corrected chi connectivity index (χ3v) is 14.8. The van der Waals surface area contributed by atoms with Crippen LogP contribution in [0.25, 0.3) is 54.1 Å². The second-order valence-electron chi connectivity index (χ2n) is 29.8. The largest absolute Gasteiger partial charge is 0.264 e. The molecule has 0 fully saturated rings. The fraction of sp³-hybridized carbons (Fsp3) is 0.350. The first-order valence-corrected chi connectivity index (χ1v) is 31.2. The lowest BCUT2D eigenvalue weighted by Gasteiger charge is -2.20. The van der Waals surface area contributed by atoms with Gasteiger partial charge in [0.15, 0.2) is 0 Å². The molecule has 12 rings (SSSR count). The highest BCUT2D eigenvalue weighted by Crippen LogP contribution is 2.32. The zero-order valence-electron chi connectivity index (χ0n) is 57.7. The van der Waals surface area contributed by atoms with Crippen LogP contribution in [0.3, 0.4) is 0 Å². The smallest absolute Gasteiger partial charge is 0.137 e. The van der Waals surface area contributed by atoms with Crippen molar-refractivity contribution in [1.82, 2.24) is 49.8 Å². The van der Waals surface area contributed by atoms with Gasteiger partial charge in [0.2, 0.25) is 0 Å². The lowest BCUT2D eigenvalue weighted by Crippen LogP contribution is -2.15. The van der Waals surface area contributed by atoms with Gasteiger partial charge in [-0.3, -0.25) is 24.9 Å². The molecular weight excluding hydrogens is 1100 g/mol. The van der Waals surface area contributed by atoms with Crippen molar-refractivity contribution in [1.29, 1.82) is 0 Å². The van der Waals surface area contributed by atoms with E-state index < -0.39 is 0 Å². The van der Waals surface area contributed by atoms with Crippen molar-refractivity contribution in [2.24, 2.45) is 0 Å². The van der Waals surface area contributed by atoms with Crippen LogP contribution in [-0.4, -0.2) is 49.8 Å². The molecule has 7 aromatic heterocycles. The Morgan fingerprint density at radius 2 is 0.767 bits per heavy atom. The Morgan fingerprint density at radius 3 is 1.31 bits per heavy atom.